The van der Waals surface area contributed by atoms with Crippen LogP contribution in [-0.4, -0.2) is 0 Å². The van der Waals surface area contributed by atoms with Crippen LogP contribution in [0.3, 0.4) is 0 Å². The molecule has 3 rings (SSSR count). The molecule has 1 unspecified atom stereocenters. The zero-order chi connectivity index (χ0) is 22.6. The molecule has 0 amide bonds. The van der Waals surface area contributed by atoms with Crippen molar-refractivity contribution in [2.45, 2.75) is 84.5 Å². The van der Waals surface area contributed by atoms with Gasteiger partial charge in [0.15, 0.2) is 0 Å². The maximum Gasteiger partial charge on any atom is 0.0339 e. The van der Waals surface area contributed by atoms with Crippen molar-refractivity contribution in [1.29, 1.82) is 0 Å². The first-order valence-electron chi connectivity index (χ1n) is 12.0. The molecule has 31 heavy (non-hydrogen) atoms. The molecular weight excluding hydrogens is 372 g/mol. The first-order valence-corrected chi connectivity index (χ1v) is 12.0. The van der Waals surface area contributed by atoms with E-state index in [-0.39, 0.29) is 16.7 Å². The molecular formula is C31H40. The molecule has 0 bridgehead atoms. The van der Waals surface area contributed by atoms with Gasteiger partial charge in [-0.05, 0) is 57.1 Å². The first-order chi connectivity index (χ1) is 14.7. The standard InChI is InChI=1S/C31H40/c1-8-10-23-11-13-24(14-12-23)29(25-15-19-27(20-16-25)30(3,4)5)26-17-21-28(22-18-26)31(6,7)9-2/h11-22,29H,8-10H2,1-7H3. The van der Waals surface area contributed by atoms with Gasteiger partial charge in [0.2, 0.25) is 0 Å². The van der Waals surface area contributed by atoms with Gasteiger partial charge < -0.3 is 0 Å². The second-order valence-electron chi connectivity index (χ2n) is 10.7. The van der Waals surface area contributed by atoms with Crippen molar-refractivity contribution in [2.24, 2.45) is 0 Å². The fourth-order valence-corrected chi connectivity index (χ4v) is 4.25. The Bertz CT molecular complexity index is 949. The van der Waals surface area contributed by atoms with Gasteiger partial charge in [-0.15, -0.1) is 0 Å². The van der Waals surface area contributed by atoms with Crippen LogP contribution in [0.25, 0.3) is 0 Å². The van der Waals surface area contributed by atoms with E-state index in [1.165, 1.54) is 39.8 Å². The van der Waals surface area contributed by atoms with Crippen LogP contribution in [0.5, 0.6) is 0 Å². The summed E-state index contributed by atoms with van der Waals surface area (Å²) < 4.78 is 0. The summed E-state index contributed by atoms with van der Waals surface area (Å²) in [6.07, 6.45) is 3.47. The molecule has 0 heterocycles. The molecule has 0 aliphatic rings. The summed E-state index contributed by atoms with van der Waals surface area (Å²) in [6, 6.07) is 27.9. The zero-order valence-electron chi connectivity index (χ0n) is 20.6. The summed E-state index contributed by atoms with van der Waals surface area (Å²) >= 11 is 0. The number of hydrogen-bond donors (Lipinski definition) is 0. The van der Waals surface area contributed by atoms with Crippen molar-refractivity contribution in [3.05, 3.63) is 106 Å². The van der Waals surface area contributed by atoms with E-state index in [0.29, 0.717) is 0 Å². The van der Waals surface area contributed by atoms with Crippen molar-refractivity contribution < 1.29 is 0 Å². The molecule has 0 aliphatic carbocycles. The van der Waals surface area contributed by atoms with E-state index in [0.717, 1.165) is 12.8 Å². The molecule has 0 saturated carbocycles. The van der Waals surface area contributed by atoms with Gasteiger partial charge in [-0.1, -0.05) is 128 Å². The quantitative estimate of drug-likeness (QED) is 0.340. The second kappa shape index (κ2) is 9.43. The van der Waals surface area contributed by atoms with Gasteiger partial charge in [0.05, 0.1) is 0 Å². The summed E-state index contributed by atoms with van der Waals surface area (Å²) in [5, 5.41) is 0. The van der Waals surface area contributed by atoms with E-state index in [1.54, 1.807) is 0 Å². The highest BCUT2D eigenvalue weighted by molar-refractivity contribution is 5.46. The lowest BCUT2D eigenvalue weighted by molar-refractivity contribution is 0.506. The van der Waals surface area contributed by atoms with Crippen LogP contribution in [0.1, 0.15) is 101 Å². The monoisotopic (exact) mass is 412 g/mol. The Labute approximate surface area is 190 Å². The predicted octanol–water partition coefficient (Wildman–Crippen LogP) is 8.80. The Morgan fingerprint density at radius 1 is 0.581 bits per heavy atom. The molecule has 1 atom stereocenters. The van der Waals surface area contributed by atoms with Crippen molar-refractivity contribution in [2.75, 3.05) is 0 Å². The first kappa shape index (κ1) is 23.3. The molecule has 0 aliphatic heterocycles. The fourth-order valence-electron chi connectivity index (χ4n) is 4.25. The van der Waals surface area contributed by atoms with E-state index >= 15 is 0 Å². The molecule has 0 N–H and O–H groups in total. The average Bonchev–Trinajstić information content (AvgIpc) is 2.75. The van der Waals surface area contributed by atoms with E-state index < -0.39 is 0 Å². The summed E-state index contributed by atoms with van der Waals surface area (Å²) in [5.74, 6) is 0.253. The van der Waals surface area contributed by atoms with Crippen LogP contribution in [0, 0.1) is 0 Å². The highest BCUT2D eigenvalue weighted by Crippen LogP contribution is 2.35. The Balaban J connectivity index is 2.04. The normalized spacial score (nSPS) is 13.3. The third-order valence-corrected chi connectivity index (χ3v) is 6.87. The lowest BCUT2D eigenvalue weighted by Gasteiger charge is -2.25. The second-order valence-corrected chi connectivity index (χ2v) is 10.7. The highest BCUT2D eigenvalue weighted by Gasteiger charge is 2.21. The Morgan fingerprint density at radius 3 is 1.39 bits per heavy atom. The summed E-state index contributed by atoms with van der Waals surface area (Å²) in [5.41, 5.74) is 8.69. The van der Waals surface area contributed by atoms with Crippen molar-refractivity contribution in [3.8, 4) is 0 Å². The van der Waals surface area contributed by atoms with Crippen LogP contribution in [-0.2, 0) is 17.3 Å². The molecule has 3 aromatic carbocycles. The van der Waals surface area contributed by atoms with Crippen LogP contribution in [0.4, 0.5) is 0 Å². The molecule has 0 fully saturated rings. The van der Waals surface area contributed by atoms with Gasteiger partial charge in [0.1, 0.15) is 0 Å². The van der Waals surface area contributed by atoms with E-state index in [1.807, 2.05) is 0 Å². The smallest absolute Gasteiger partial charge is 0.0339 e. The molecule has 0 aromatic heterocycles. The number of aryl methyl sites for hydroxylation is 1. The molecule has 0 radical (unpaired) electrons. The van der Waals surface area contributed by atoms with E-state index in [2.05, 4.69) is 121 Å². The van der Waals surface area contributed by atoms with Crippen LogP contribution < -0.4 is 0 Å². The minimum Gasteiger partial charge on any atom is -0.0651 e. The molecule has 0 nitrogen and oxygen atoms in total. The third-order valence-electron chi connectivity index (χ3n) is 6.87. The molecule has 164 valence electrons. The average molecular weight is 413 g/mol. The van der Waals surface area contributed by atoms with Gasteiger partial charge in [-0.25, -0.2) is 0 Å². The van der Waals surface area contributed by atoms with E-state index in [9.17, 15) is 0 Å². The topological polar surface area (TPSA) is 0 Å². The maximum absolute atomic E-state index is 2.34. The largest absolute Gasteiger partial charge is 0.0651 e. The minimum absolute atomic E-state index is 0.170. The summed E-state index contributed by atoms with van der Waals surface area (Å²) in [4.78, 5) is 0. The zero-order valence-corrected chi connectivity index (χ0v) is 20.6. The predicted molar refractivity (Wildman–Crippen MR) is 136 cm³/mol. The highest BCUT2D eigenvalue weighted by atomic mass is 14.3. The molecule has 0 saturated heterocycles. The van der Waals surface area contributed by atoms with Gasteiger partial charge in [0, 0.05) is 5.92 Å². The Kier molecular flexibility index (Phi) is 7.10. The number of rotatable bonds is 7. The molecule has 3 aromatic rings. The van der Waals surface area contributed by atoms with Crippen LogP contribution in [0.2, 0.25) is 0 Å². The Hall–Kier alpha value is -2.34. The maximum atomic E-state index is 2.34. The number of benzene rings is 3. The van der Waals surface area contributed by atoms with Crippen LogP contribution in [0.15, 0.2) is 72.8 Å². The van der Waals surface area contributed by atoms with Crippen molar-refractivity contribution >= 4 is 0 Å². The minimum atomic E-state index is 0.170. The summed E-state index contributed by atoms with van der Waals surface area (Å²) in [6.45, 7) is 16.0. The van der Waals surface area contributed by atoms with Crippen LogP contribution >= 0.6 is 0 Å². The number of hydrogen-bond acceptors (Lipinski definition) is 0. The van der Waals surface area contributed by atoms with Gasteiger partial charge >= 0.3 is 0 Å². The van der Waals surface area contributed by atoms with Gasteiger partial charge in [-0.3, -0.25) is 0 Å². The Morgan fingerprint density at radius 2 is 1.00 bits per heavy atom. The fraction of sp³-hybridized carbons (Fsp3) is 0.419. The van der Waals surface area contributed by atoms with Crippen molar-refractivity contribution in [1.82, 2.24) is 0 Å². The van der Waals surface area contributed by atoms with E-state index in [4.69, 9.17) is 0 Å². The van der Waals surface area contributed by atoms with Gasteiger partial charge in [0.25, 0.3) is 0 Å². The third kappa shape index (κ3) is 5.48. The molecule has 0 spiro atoms. The molecule has 0 heteroatoms. The van der Waals surface area contributed by atoms with Gasteiger partial charge in [-0.2, -0.15) is 0 Å². The lowest BCUT2D eigenvalue weighted by atomic mass is 9.79. The lowest BCUT2D eigenvalue weighted by Crippen LogP contribution is -2.15. The summed E-state index contributed by atoms with van der Waals surface area (Å²) in [7, 11) is 0. The van der Waals surface area contributed by atoms with Crippen molar-refractivity contribution in [3.63, 3.8) is 0 Å². The SMILES string of the molecule is CCCc1ccc(C(c2ccc(C(C)(C)C)cc2)c2ccc(C(C)(C)CC)cc2)cc1.